The van der Waals surface area contributed by atoms with E-state index in [-0.39, 0.29) is 0 Å². The molecular weight excluding hydrogens is 168 g/mol. The molecule has 78 valence electrons. The lowest BCUT2D eigenvalue weighted by Crippen LogP contribution is -2.01. The largest absolute Gasteiger partial charge is 0.373 e. The maximum Gasteiger partial charge on any atom is 0.151 e. The Morgan fingerprint density at radius 2 is 1.69 bits per heavy atom. The van der Waals surface area contributed by atoms with Gasteiger partial charge in [0.1, 0.15) is 0 Å². The maximum absolute atomic E-state index is 8.11. The summed E-state index contributed by atoms with van der Waals surface area (Å²) in [7, 11) is 0. The van der Waals surface area contributed by atoms with Gasteiger partial charge in [-0.25, -0.2) is 0 Å². The van der Waals surface area contributed by atoms with E-state index in [9.17, 15) is 0 Å². The fourth-order valence-electron chi connectivity index (χ4n) is 0.493. The SMILES string of the molecule is C=CCOCC=C.CCCC(O)O. The minimum atomic E-state index is -1.10. The Hall–Kier alpha value is -0.640. The molecule has 2 N–H and O–H groups in total. The monoisotopic (exact) mass is 188 g/mol. The number of rotatable bonds is 6. The first-order valence-corrected chi connectivity index (χ1v) is 4.34. The lowest BCUT2D eigenvalue weighted by atomic mass is 10.3. The third-order valence-electron chi connectivity index (χ3n) is 1.02. The Morgan fingerprint density at radius 3 is 1.85 bits per heavy atom. The fourth-order valence-corrected chi connectivity index (χ4v) is 0.493. The molecule has 0 saturated heterocycles. The van der Waals surface area contributed by atoms with Gasteiger partial charge in [-0.15, -0.1) is 13.2 Å². The molecule has 13 heavy (non-hydrogen) atoms. The second kappa shape index (κ2) is 13.9. The molecule has 0 aliphatic carbocycles. The zero-order valence-electron chi connectivity index (χ0n) is 8.28. The first-order chi connectivity index (χ1) is 6.18. The van der Waals surface area contributed by atoms with Crippen LogP contribution in [0.25, 0.3) is 0 Å². The van der Waals surface area contributed by atoms with Crippen molar-refractivity contribution in [2.75, 3.05) is 13.2 Å². The molecule has 0 saturated carbocycles. The zero-order chi connectivity index (χ0) is 10.5. The van der Waals surface area contributed by atoms with Crippen molar-refractivity contribution in [3.05, 3.63) is 25.3 Å². The summed E-state index contributed by atoms with van der Waals surface area (Å²) in [6.07, 6.45) is 3.64. The summed E-state index contributed by atoms with van der Waals surface area (Å²) in [6, 6.07) is 0. The third-order valence-corrected chi connectivity index (χ3v) is 1.02. The van der Waals surface area contributed by atoms with Crippen LogP contribution in [-0.4, -0.2) is 29.7 Å². The number of ether oxygens (including phenoxy) is 1. The number of hydrogen-bond acceptors (Lipinski definition) is 3. The van der Waals surface area contributed by atoms with Crippen LogP contribution in [0.15, 0.2) is 25.3 Å². The molecule has 0 heterocycles. The van der Waals surface area contributed by atoms with E-state index in [1.807, 2.05) is 6.92 Å². The van der Waals surface area contributed by atoms with Crippen molar-refractivity contribution in [2.24, 2.45) is 0 Å². The van der Waals surface area contributed by atoms with E-state index < -0.39 is 6.29 Å². The van der Waals surface area contributed by atoms with Gasteiger partial charge in [0.25, 0.3) is 0 Å². The molecule has 0 rings (SSSR count). The van der Waals surface area contributed by atoms with Crippen molar-refractivity contribution < 1.29 is 14.9 Å². The predicted octanol–water partition coefficient (Wildman–Crippen LogP) is 1.47. The van der Waals surface area contributed by atoms with Crippen LogP contribution < -0.4 is 0 Å². The van der Waals surface area contributed by atoms with Crippen LogP contribution in [-0.2, 0) is 4.74 Å². The Labute approximate surface area is 80.4 Å². The molecule has 0 aromatic carbocycles. The molecule has 3 nitrogen and oxygen atoms in total. The average Bonchev–Trinajstić information content (AvgIpc) is 2.06. The lowest BCUT2D eigenvalue weighted by Gasteiger charge is -1.94. The van der Waals surface area contributed by atoms with Crippen LogP contribution in [0.1, 0.15) is 19.8 Å². The Morgan fingerprint density at radius 1 is 1.23 bits per heavy atom. The summed E-state index contributed by atoms with van der Waals surface area (Å²) in [5.74, 6) is 0. The van der Waals surface area contributed by atoms with Crippen LogP contribution >= 0.6 is 0 Å². The van der Waals surface area contributed by atoms with Crippen molar-refractivity contribution in [3.63, 3.8) is 0 Å². The van der Waals surface area contributed by atoms with Crippen LogP contribution in [0.3, 0.4) is 0 Å². The highest BCUT2D eigenvalue weighted by atomic mass is 16.5. The van der Waals surface area contributed by atoms with Gasteiger partial charge in [-0.1, -0.05) is 25.5 Å². The minimum absolute atomic E-state index is 0.486. The fraction of sp³-hybridized carbons (Fsp3) is 0.600. The number of aliphatic hydroxyl groups is 2. The lowest BCUT2D eigenvalue weighted by molar-refractivity contribution is -0.0453. The summed E-state index contributed by atoms with van der Waals surface area (Å²) in [5, 5.41) is 16.2. The topological polar surface area (TPSA) is 49.7 Å². The Kier molecular flexibility index (Phi) is 15.9. The second-order valence-corrected chi connectivity index (χ2v) is 2.38. The summed E-state index contributed by atoms with van der Waals surface area (Å²) >= 11 is 0. The first kappa shape index (κ1) is 14.9. The molecule has 0 unspecified atom stereocenters. The summed E-state index contributed by atoms with van der Waals surface area (Å²) in [5.41, 5.74) is 0. The molecule has 0 radical (unpaired) electrons. The Bertz CT molecular complexity index is 103. The van der Waals surface area contributed by atoms with E-state index in [1.165, 1.54) is 0 Å². The summed E-state index contributed by atoms with van der Waals surface area (Å²) in [6.45, 7) is 10.1. The van der Waals surface area contributed by atoms with Crippen LogP contribution in [0.2, 0.25) is 0 Å². The van der Waals surface area contributed by atoms with Gasteiger partial charge in [0.05, 0.1) is 13.2 Å². The van der Waals surface area contributed by atoms with Gasteiger partial charge in [0.2, 0.25) is 0 Å². The van der Waals surface area contributed by atoms with Crippen LogP contribution in [0.5, 0.6) is 0 Å². The molecular formula is C10H20O3. The highest BCUT2D eigenvalue weighted by molar-refractivity contribution is 4.68. The first-order valence-electron chi connectivity index (χ1n) is 4.34. The van der Waals surface area contributed by atoms with Crippen molar-refractivity contribution in [1.82, 2.24) is 0 Å². The third kappa shape index (κ3) is 24.6. The van der Waals surface area contributed by atoms with Gasteiger partial charge in [-0.2, -0.15) is 0 Å². The van der Waals surface area contributed by atoms with Gasteiger partial charge in [-0.05, 0) is 6.42 Å². The normalized spacial score (nSPS) is 8.92. The minimum Gasteiger partial charge on any atom is -0.373 e. The van der Waals surface area contributed by atoms with Crippen LogP contribution in [0, 0.1) is 0 Å². The van der Waals surface area contributed by atoms with Crippen molar-refractivity contribution in [3.8, 4) is 0 Å². The molecule has 0 bridgehead atoms. The van der Waals surface area contributed by atoms with Crippen molar-refractivity contribution in [2.45, 2.75) is 26.1 Å². The summed E-state index contributed by atoms with van der Waals surface area (Å²) in [4.78, 5) is 0. The van der Waals surface area contributed by atoms with E-state index in [1.54, 1.807) is 12.2 Å². The average molecular weight is 188 g/mol. The van der Waals surface area contributed by atoms with Crippen molar-refractivity contribution in [1.29, 1.82) is 0 Å². The molecule has 0 atom stereocenters. The van der Waals surface area contributed by atoms with Gasteiger partial charge >= 0.3 is 0 Å². The standard InChI is InChI=1S/C6H10O.C4H10O2/c1-3-5-7-6-4-2;1-2-3-4(5)6/h3-4H,1-2,5-6H2;4-6H,2-3H2,1H3. The van der Waals surface area contributed by atoms with E-state index in [4.69, 9.17) is 14.9 Å². The molecule has 0 aliphatic heterocycles. The smallest absolute Gasteiger partial charge is 0.151 e. The van der Waals surface area contributed by atoms with E-state index >= 15 is 0 Å². The van der Waals surface area contributed by atoms with E-state index in [2.05, 4.69) is 13.2 Å². The predicted molar refractivity (Wildman–Crippen MR) is 54.3 cm³/mol. The Balaban J connectivity index is 0. The second-order valence-electron chi connectivity index (χ2n) is 2.38. The highest BCUT2D eigenvalue weighted by Gasteiger charge is 1.89. The van der Waals surface area contributed by atoms with Crippen LogP contribution in [0.4, 0.5) is 0 Å². The molecule has 0 spiro atoms. The highest BCUT2D eigenvalue weighted by Crippen LogP contribution is 1.88. The maximum atomic E-state index is 8.11. The number of hydrogen-bond donors (Lipinski definition) is 2. The number of aliphatic hydroxyl groups excluding tert-OH is 1. The molecule has 0 aromatic rings. The van der Waals surface area contributed by atoms with Gasteiger partial charge < -0.3 is 14.9 Å². The van der Waals surface area contributed by atoms with E-state index in [0.29, 0.717) is 19.6 Å². The molecule has 0 aromatic heterocycles. The van der Waals surface area contributed by atoms with Gasteiger partial charge in [0.15, 0.2) is 6.29 Å². The summed E-state index contributed by atoms with van der Waals surface area (Å²) < 4.78 is 4.90. The molecule has 0 amide bonds. The molecule has 0 fully saturated rings. The van der Waals surface area contributed by atoms with Gasteiger partial charge in [-0.3, -0.25) is 0 Å². The van der Waals surface area contributed by atoms with Gasteiger partial charge in [0, 0.05) is 0 Å². The van der Waals surface area contributed by atoms with E-state index in [0.717, 1.165) is 6.42 Å². The van der Waals surface area contributed by atoms with Crippen molar-refractivity contribution >= 4 is 0 Å². The molecule has 0 aliphatic rings. The molecule has 3 heteroatoms. The zero-order valence-corrected chi connectivity index (χ0v) is 8.28. The quantitative estimate of drug-likeness (QED) is 0.377.